The lowest BCUT2D eigenvalue weighted by Crippen LogP contribution is -2.00. The molecule has 4 heterocycles. The summed E-state index contributed by atoms with van der Waals surface area (Å²) in [6.07, 6.45) is 0. The highest BCUT2D eigenvalue weighted by atomic mass is 32.1. The topological polar surface area (TPSA) is 64.5 Å². The van der Waals surface area contributed by atoms with Crippen molar-refractivity contribution in [3.05, 3.63) is 200 Å². The molecule has 5 nitrogen and oxygen atoms in total. The Balaban J connectivity index is 1.00. The van der Waals surface area contributed by atoms with E-state index in [9.17, 15) is 0 Å². The molecule has 0 saturated carbocycles. The number of aromatic nitrogens is 5. The average Bonchev–Trinajstić information content (AvgIpc) is 3.93. The van der Waals surface area contributed by atoms with Crippen LogP contribution in [-0.2, 0) is 0 Å². The minimum absolute atomic E-state index is 0.630. The summed E-state index contributed by atoms with van der Waals surface area (Å²) in [5, 5.41) is 3.46. The van der Waals surface area contributed by atoms with Gasteiger partial charge in [-0.25, -0.2) is 24.9 Å². The first-order valence-corrected chi connectivity index (χ1v) is 22.1. The summed E-state index contributed by atoms with van der Waals surface area (Å²) in [6, 6.07) is 69.7. The lowest BCUT2D eigenvalue weighted by Gasteiger charge is -2.12. The van der Waals surface area contributed by atoms with E-state index in [0.717, 1.165) is 76.8 Å². The molecule has 0 aliphatic carbocycles. The van der Waals surface area contributed by atoms with Gasteiger partial charge in [0.15, 0.2) is 23.3 Å². The molecule has 4 aromatic heterocycles. The van der Waals surface area contributed by atoms with Gasteiger partial charge in [-0.3, -0.25) is 0 Å². The summed E-state index contributed by atoms with van der Waals surface area (Å²) < 4.78 is 4.69. The van der Waals surface area contributed by atoms with Crippen LogP contribution < -0.4 is 0 Å². The Morgan fingerprint density at radius 1 is 0.290 bits per heavy atom. The van der Waals surface area contributed by atoms with E-state index in [-0.39, 0.29) is 0 Å². The lowest BCUT2D eigenvalue weighted by molar-refractivity contribution is 1.08. The number of thiophene rings is 2. The van der Waals surface area contributed by atoms with Gasteiger partial charge in [0.25, 0.3) is 0 Å². The van der Waals surface area contributed by atoms with E-state index in [1.54, 1.807) is 22.7 Å². The van der Waals surface area contributed by atoms with Crippen LogP contribution in [0, 0.1) is 0 Å². The van der Waals surface area contributed by atoms with Gasteiger partial charge in [0.1, 0.15) is 0 Å². The van der Waals surface area contributed by atoms with Gasteiger partial charge < -0.3 is 0 Å². The minimum Gasteiger partial charge on any atom is -0.226 e. The first-order chi connectivity index (χ1) is 30.7. The van der Waals surface area contributed by atoms with Crippen LogP contribution in [0.4, 0.5) is 0 Å². The summed E-state index contributed by atoms with van der Waals surface area (Å²) in [5.74, 6) is 2.61. The molecular formula is C55H33N5S2. The van der Waals surface area contributed by atoms with E-state index >= 15 is 0 Å². The van der Waals surface area contributed by atoms with Gasteiger partial charge in [0, 0.05) is 58.1 Å². The van der Waals surface area contributed by atoms with E-state index in [4.69, 9.17) is 24.9 Å². The Kier molecular flexibility index (Phi) is 8.80. The van der Waals surface area contributed by atoms with Gasteiger partial charge in [-0.1, -0.05) is 176 Å². The van der Waals surface area contributed by atoms with Crippen LogP contribution in [0.3, 0.4) is 0 Å². The molecule has 0 radical (unpaired) electrons. The maximum absolute atomic E-state index is 5.25. The van der Waals surface area contributed by atoms with E-state index in [1.807, 2.05) is 30.3 Å². The van der Waals surface area contributed by atoms with Crippen molar-refractivity contribution in [2.24, 2.45) is 0 Å². The Morgan fingerprint density at radius 3 is 1.53 bits per heavy atom. The SMILES string of the molecule is c1ccc(-c2cccc(-c3nc(-c4ccccc4)nc(-c4cccc5sc6cccc(-c7ccc(-c8nc(-c9ccccc9)c9sc%10ccccc%10c9n8)cc7)c6c45)n3)c2)cc1. The van der Waals surface area contributed by atoms with Crippen LogP contribution in [0.5, 0.6) is 0 Å². The van der Waals surface area contributed by atoms with E-state index in [2.05, 4.69) is 170 Å². The van der Waals surface area contributed by atoms with Crippen molar-refractivity contribution >= 4 is 63.1 Å². The van der Waals surface area contributed by atoms with Gasteiger partial charge in [0.2, 0.25) is 0 Å². The highest BCUT2D eigenvalue weighted by molar-refractivity contribution is 7.26. The second-order valence-corrected chi connectivity index (χ2v) is 17.3. The average molecular weight is 828 g/mol. The smallest absolute Gasteiger partial charge is 0.164 e. The highest BCUT2D eigenvalue weighted by Crippen LogP contribution is 2.45. The number of nitrogens with zero attached hydrogens (tertiary/aromatic N) is 5. The van der Waals surface area contributed by atoms with Gasteiger partial charge in [-0.15, -0.1) is 22.7 Å². The lowest BCUT2D eigenvalue weighted by atomic mass is 9.96. The van der Waals surface area contributed by atoms with Crippen LogP contribution in [-0.4, -0.2) is 24.9 Å². The maximum atomic E-state index is 5.25. The molecule has 0 fully saturated rings. The summed E-state index contributed by atoms with van der Waals surface area (Å²) in [5.41, 5.74) is 11.3. The van der Waals surface area contributed by atoms with Crippen LogP contribution in [0.25, 0.3) is 120 Å². The molecule has 0 saturated heterocycles. The minimum atomic E-state index is 0.630. The molecule has 0 atom stereocenters. The third-order valence-electron chi connectivity index (χ3n) is 11.4. The van der Waals surface area contributed by atoms with Crippen molar-refractivity contribution in [1.82, 2.24) is 24.9 Å². The quantitative estimate of drug-likeness (QED) is 0.160. The van der Waals surface area contributed by atoms with Crippen molar-refractivity contribution < 1.29 is 0 Å². The number of fused-ring (bicyclic) bond motifs is 6. The zero-order valence-corrected chi connectivity index (χ0v) is 34.7. The molecule has 0 N–H and O–H groups in total. The van der Waals surface area contributed by atoms with Crippen LogP contribution in [0.2, 0.25) is 0 Å². The highest BCUT2D eigenvalue weighted by Gasteiger charge is 2.21. The summed E-state index contributed by atoms with van der Waals surface area (Å²) in [7, 11) is 0. The predicted molar refractivity (Wildman–Crippen MR) is 259 cm³/mol. The molecule has 0 amide bonds. The van der Waals surface area contributed by atoms with E-state index < -0.39 is 0 Å². The Hall–Kier alpha value is -7.71. The Labute approximate surface area is 365 Å². The molecule has 62 heavy (non-hydrogen) atoms. The molecule has 8 aromatic carbocycles. The largest absolute Gasteiger partial charge is 0.226 e. The van der Waals surface area contributed by atoms with Gasteiger partial charge >= 0.3 is 0 Å². The monoisotopic (exact) mass is 827 g/mol. The maximum Gasteiger partial charge on any atom is 0.164 e. The first-order valence-electron chi connectivity index (χ1n) is 20.5. The molecule has 0 bridgehead atoms. The molecule has 0 spiro atoms. The van der Waals surface area contributed by atoms with Crippen LogP contribution >= 0.6 is 22.7 Å². The molecule has 0 aliphatic heterocycles. The number of rotatable bonds is 7. The number of benzene rings is 8. The second-order valence-electron chi connectivity index (χ2n) is 15.2. The fourth-order valence-electron chi connectivity index (χ4n) is 8.41. The summed E-state index contributed by atoms with van der Waals surface area (Å²) in [4.78, 5) is 26.0. The summed E-state index contributed by atoms with van der Waals surface area (Å²) in [6.45, 7) is 0. The van der Waals surface area contributed by atoms with Crippen molar-refractivity contribution in [1.29, 1.82) is 0 Å². The third kappa shape index (κ3) is 6.34. The van der Waals surface area contributed by atoms with E-state index in [0.29, 0.717) is 23.3 Å². The Bertz CT molecular complexity index is 3620. The zero-order chi connectivity index (χ0) is 41.0. The van der Waals surface area contributed by atoms with Crippen molar-refractivity contribution in [2.75, 3.05) is 0 Å². The van der Waals surface area contributed by atoms with Crippen molar-refractivity contribution in [3.63, 3.8) is 0 Å². The number of hydrogen-bond donors (Lipinski definition) is 0. The Morgan fingerprint density at radius 2 is 0.790 bits per heavy atom. The van der Waals surface area contributed by atoms with E-state index in [1.165, 1.54) is 19.5 Å². The van der Waals surface area contributed by atoms with Crippen LogP contribution in [0.15, 0.2) is 200 Å². The van der Waals surface area contributed by atoms with Gasteiger partial charge in [-0.05, 0) is 46.5 Å². The predicted octanol–water partition coefficient (Wildman–Crippen LogP) is 15.1. The first kappa shape index (κ1) is 36.2. The summed E-state index contributed by atoms with van der Waals surface area (Å²) >= 11 is 3.54. The second kappa shape index (κ2) is 15.1. The zero-order valence-electron chi connectivity index (χ0n) is 33.1. The molecule has 0 unspecified atom stereocenters. The fraction of sp³-hybridized carbons (Fsp3) is 0. The molecule has 12 aromatic rings. The number of hydrogen-bond acceptors (Lipinski definition) is 7. The molecule has 0 aliphatic rings. The molecule has 7 heteroatoms. The fourth-order valence-corrected chi connectivity index (χ4v) is 10.7. The molecular weight excluding hydrogens is 795 g/mol. The normalized spacial score (nSPS) is 11.5. The van der Waals surface area contributed by atoms with Crippen molar-refractivity contribution in [2.45, 2.75) is 0 Å². The standard InChI is InChI=1S/C55H33N5S2/c1-4-15-34(16-5-1)39-21-12-22-40(33-39)54-58-53(37-19-8-3-9-20-37)59-55(60-54)43-25-14-28-46-48(43)47-41(24-13-27-45(47)61-46)35-29-31-38(32-30-35)52-56-49(36-17-6-2-7-18-36)51-50(57-52)42-23-10-11-26-44(42)62-51/h1-33H. The van der Waals surface area contributed by atoms with Gasteiger partial charge in [0.05, 0.1) is 15.9 Å². The van der Waals surface area contributed by atoms with Gasteiger partial charge in [-0.2, -0.15) is 0 Å². The molecule has 12 rings (SSSR count). The van der Waals surface area contributed by atoms with Crippen LogP contribution in [0.1, 0.15) is 0 Å². The molecule has 290 valence electrons. The van der Waals surface area contributed by atoms with Crippen molar-refractivity contribution in [3.8, 4) is 79.1 Å². The third-order valence-corrected chi connectivity index (χ3v) is 13.7.